The van der Waals surface area contributed by atoms with Crippen LogP contribution in [0, 0.1) is 0 Å². The molecule has 4 nitrogen and oxygen atoms in total. The first-order chi connectivity index (χ1) is 13.8. The third kappa shape index (κ3) is 3.30. The van der Waals surface area contributed by atoms with Crippen LogP contribution in [0.2, 0.25) is 0 Å². The first-order valence-corrected chi connectivity index (χ1v) is 11.7. The van der Waals surface area contributed by atoms with Crippen LogP contribution in [0.3, 0.4) is 0 Å². The Morgan fingerprint density at radius 3 is 2.89 bits per heavy atom. The molecule has 1 amide bonds. The molecule has 4 aromatic rings. The number of fused-ring (bicyclic) bond motifs is 1. The number of rotatable bonds is 4. The van der Waals surface area contributed by atoms with Crippen molar-refractivity contribution in [2.24, 2.45) is 0 Å². The second-order valence-electron chi connectivity index (χ2n) is 6.59. The highest BCUT2D eigenvalue weighted by atomic mass is 32.1. The van der Waals surface area contributed by atoms with E-state index >= 15 is 0 Å². The van der Waals surface area contributed by atoms with E-state index < -0.39 is 0 Å². The Morgan fingerprint density at radius 1 is 1.11 bits per heavy atom. The molecule has 28 heavy (non-hydrogen) atoms. The molecule has 7 heteroatoms. The molecule has 4 aromatic heterocycles. The number of hydrogen-bond donors (Lipinski definition) is 0. The van der Waals surface area contributed by atoms with Gasteiger partial charge in [-0.05, 0) is 47.0 Å². The largest absolute Gasteiger partial charge is 0.330 e. The molecule has 1 aliphatic heterocycles. The minimum Gasteiger partial charge on any atom is -0.330 e. The monoisotopic (exact) mass is 423 g/mol. The van der Waals surface area contributed by atoms with Crippen LogP contribution in [-0.4, -0.2) is 27.3 Å². The highest BCUT2D eigenvalue weighted by molar-refractivity contribution is 7.13. The Hall–Kier alpha value is -2.35. The molecule has 1 atom stereocenters. The van der Waals surface area contributed by atoms with Gasteiger partial charge in [-0.15, -0.1) is 34.0 Å². The summed E-state index contributed by atoms with van der Waals surface area (Å²) in [4.78, 5) is 26.9. The van der Waals surface area contributed by atoms with Gasteiger partial charge < -0.3 is 4.90 Å². The fraction of sp³-hybridized carbons (Fsp3) is 0.190. The summed E-state index contributed by atoms with van der Waals surface area (Å²) in [6.45, 7) is 0.756. The van der Waals surface area contributed by atoms with Crippen LogP contribution in [-0.2, 0) is 17.6 Å². The summed E-state index contributed by atoms with van der Waals surface area (Å²) in [6.07, 6.45) is 3.01. The molecule has 140 valence electrons. The molecule has 0 radical (unpaired) electrons. The SMILES string of the molecule is O=C(Cc1csc(-c2ccccn2)n1)N1CCc2sccc2[C@@H]1c1cccs1. The standard InChI is InChI=1S/C21H17N3OS3/c25-19(12-14-13-28-21(23-14)16-4-1-2-8-22-16)24-9-6-17-15(7-11-27-17)20(24)18-5-3-10-26-18/h1-5,7-8,10-11,13,20H,6,9,12H2/t20-/m1/s1. The fourth-order valence-corrected chi connectivity index (χ4v) is 6.14. The number of nitrogens with zero attached hydrogens (tertiary/aromatic N) is 3. The average Bonchev–Trinajstić information content (AvgIpc) is 3.49. The number of thiazole rings is 1. The van der Waals surface area contributed by atoms with Gasteiger partial charge >= 0.3 is 0 Å². The van der Waals surface area contributed by atoms with Gasteiger partial charge in [0.25, 0.3) is 0 Å². The predicted octanol–water partition coefficient (Wildman–Crippen LogP) is 5.04. The normalized spacial score (nSPS) is 16.1. The number of pyridine rings is 1. The van der Waals surface area contributed by atoms with Gasteiger partial charge in [-0.2, -0.15) is 0 Å². The molecule has 0 saturated heterocycles. The molecule has 0 bridgehead atoms. The molecule has 0 saturated carbocycles. The topological polar surface area (TPSA) is 46.1 Å². The van der Waals surface area contributed by atoms with Crippen LogP contribution >= 0.6 is 34.0 Å². The van der Waals surface area contributed by atoms with Crippen molar-refractivity contribution >= 4 is 39.9 Å². The van der Waals surface area contributed by atoms with Gasteiger partial charge in [0.2, 0.25) is 5.91 Å². The van der Waals surface area contributed by atoms with Gasteiger partial charge in [0.1, 0.15) is 5.01 Å². The lowest BCUT2D eigenvalue weighted by Crippen LogP contribution is -2.40. The summed E-state index contributed by atoms with van der Waals surface area (Å²) >= 11 is 5.05. The molecular formula is C21H17N3OS3. The van der Waals surface area contributed by atoms with E-state index in [1.807, 2.05) is 28.5 Å². The molecule has 5 heterocycles. The molecular weight excluding hydrogens is 406 g/mol. The first kappa shape index (κ1) is 17.7. The lowest BCUT2D eigenvalue weighted by atomic mass is 9.98. The van der Waals surface area contributed by atoms with E-state index in [4.69, 9.17) is 0 Å². The third-order valence-electron chi connectivity index (χ3n) is 4.87. The van der Waals surface area contributed by atoms with Gasteiger partial charge in [0, 0.05) is 27.9 Å². The molecule has 0 unspecified atom stereocenters. The smallest absolute Gasteiger partial charge is 0.229 e. The van der Waals surface area contributed by atoms with E-state index in [0.29, 0.717) is 6.42 Å². The van der Waals surface area contributed by atoms with E-state index in [9.17, 15) is 4.79 Å². The first-order valence-electron chi connectivity index (χ1n) is 9.04. The summed E-state index contributed by atoms with van der Waals surface area (Å²) in [7, 11) is 0. The lowest BCUT2D eigenvalue weighted by Gasteiger charge is -2.35. The number of thiophene rings is 2. The zero-order chi connectivity index (χ0) is 18.9. The Bertz CT molecular complexity index is 1090. The van der Waals surface area contributed by atoms with E-state index in [1.165, 1.54) is 26.7 Å². The lowest BCUT2D eigenvalue weighted by molar-refractivity contribution is -0.132. The van der Waals surface area contributed by atoms with Crippen molar-refractivity contribution in [1.29, 1.82) is 0 Å². The summed E-state index contributed by atoms with van der Waals surface area (Å²) in [5.41, 5.74) is 2.94. The third-order valence-corrected chi connectivity index (χ3v) is 7.70. The minimum atomic E-state index is 0.0244. The molecule has 5 rings (SSSR count). The highest BCUT2D eigenvalue weighted by Crippen LogP contribution is 2.39. The van der Waals surface area contributed by atoms with Gasteiger partial charge in [0.05, 0.1) is 23.9 Å². The summed E-state index contributed by atoms with van der Waals surface area (Å²) in [5, 5.41) is 7.05. The van der Waals surface area contributed by atoms with Crippen LogP contribution in [0.25, 0.3) is 10.7 Å². The fourth-order valence-electron chi connectivity index (χ4n) is 3.59. The minimum absolute atomic E-state index is 0.0244. The van der Waals surface area contributed by atoms with E-state index in [0.717, 1.165) is 29.4 Å². The van der Waals surface area contributed by atoms with Crippen LogP contribution in [0.5, 0.6) is 0 Å². The number of aromatic nitrogens is 2. The zero-order valence-electron chi connectivity index (χ0n) is 14.9. The molecule has 0 spiro atoms. The molecule has 0 fully saturated rings. The Labute approximate surface area is 175 Å². The van der Waals surface area contributed by atoms with Crippen LogP contribution in [0.1, 0.15) is 27.1 Å². The second kappa shape index (κ2) is 7.58. The van der Waals surface area contributed by atoms with Gasteiger partial charge in [-0.3, -0.25) is 9.78 Å². The van der Waals surface area contributed by atoms with Crippen molar-refractivity contribution in [1.82, 2.24) is 14.9 Å². The maximum Gasteiger partial charge on any atom is 0.229 e. The van der Waals surface area contributed by atoms with Crippen molar-refractivity contribution in [3.8, 4) is 10.7 Å². The van der Waals surface area contributed by atoms with Crippen LogP contribution in [0.4, 0.5) is 0 Å². The van der Waals surface area contributed by atoms with E-state index in [1.54, 1.807) is 28.9 Å². The van der Waals surface area contributed by atoms with Crippen molar-refractivity contribution in [3.05, 3.63) is 79.7 Å². The van der Waals surface area contributed by atoms with Crippen LogP contribution < -0.4 is 0 Å². The Kier molecular flexibility index (Phi) is 4.80. The van der Waals surface area contributed by atoms with Crippen LogP contribution in [0.15, 0.2) is 58.7 Å². The maximum atomic E-state index is 13.2. The molecule has 0 N–H and O–H groups in total. The summed E-state index contributed by atoms with van der Waals surface area (Å²) in [5.74, 6) is 0.133. The van der Waals surface area contributed by atoms with Crippen molar-refractivity contribution in [2.45, 2.75) is 18.9 Å². The van der Waals surface area contributed by atoms with E-state index in [2.05, 4.69) is 38.9 Å². The number of carbonyl (C=O) groups excluding carboxylic acids is 1. The van der Waals surface area contributed by atoms with Crippen molar-refractivity contribution < 1.29 is 4.79 Å². The molecule has 0 aromatic carbocycles. The number of carbonyl (C=O) groups is 1. The Balaban J connectivity index is 1.40. The Morgan fingerprint density at radius 2 is 2.07 bits per heavy atom. The van der Waals surface area contributed by atoms with Gasteiger partial charge in [-0.1, -0.05) is 12.1 Å². The summed E-state index contributed by atoms with van der Waals surface area (Å²) < 4.78 is 0. The van der Waals surface area contributed by atoms with E-state index in [-0.39, 0.29) is 11.9 Å². The molecule has 0 aliphatic carbocycles. The molecule has 1 aliphatic rings. The number of amides is 1. The van der Waals surface area contributed by atoms with Gasteiger partial charge in [-0.25, -0.2) is 4.98 Å². The quantitative estimate of drug-likeness (QED) is 0.462. The second-order valence-corrected chi connectivity index (χ2v) is 9.43. The van der Waals surface area contributed by atoms with Crippen molar-refractivity contribution in [3.63, 3.8) is 0 Å². The highest BCUT2D eigenvalue weighted by Gasteiger charge is 2.33. The average molecular weight is 424 g/mol. The predicted molar refractivity (Wildman–Crippen MR) is 115 cm³/mol. The van der Waals surface area contributed by atoms with Crippen molar-refractivity contribution in [2.75, 3.05) is 6.54 Å². The zero-order valence-corrected chi connectivity index (χ0v) is 17.4. The maximum absolute atomic E-state index is 13.2. The number of hydrogen-bond acceptors (Lipinski definition) is 6. The summed E-state index contributed by atoms with van der Waals surface area (Å²) in [6, 6.07) is 12.2. The van der Waals surface area contributed by atoms with Gasteiger partial charge in [0.15, 0.2) is 0 Å².